The summed E-state index contributed by atoms with van der Waals surface area (Å²) in [5.41, 5.74) is 0. The van der Waals surface area contributed by atoms with Crippen LogP contribution in [0.5, 0.6) is 0 Å². The Balaban J connectivity index is 3.74. The molecule has 0 rings (SSSR count). The van der Waals surface area contributed by atoms with E-state index >= 15 is 0 Å². The second-order valence-electron chi connectivity index (χ2n) is 12.5. The highest BCUT2D eigenvalue weighted by molar-refractivity contribution is 5.70. The average Bonchev–Trinajstić information content (AvgIpc) is 3.07. The second-order valence-corrected chi connectivity index (χ2v) is 12.5. The molecule has 0 radical (unpaired) electrons. The zero-order valence-corrected chi connectivity index (χ0v) is 30.1. The van der Waals surface area contributed by atoms with Crippen LogP contribution in [0.4, 0.5) is 0 Å². The maximum Gasteiger partial charge on any atom is 0.306 e. The first kappa shape index (κ1) is 44.6. The molecule has 47 heavy (non-hydrogen) atoms. The molecule has 0 spiro atoms. The molecule has 0 saturated heterocycles. The van der Waals surface area contributed by atoms with Crippen molar-refractivity contribution in [1.29, 1.82) is 0 Å². The quantitative estimate of drug-likeness (QED) is 0.0315. The molecule has 2 N–H and O–H groups in total. The normalized spacial score (nSPS) is 13.5. The third kappa shape index (κ3) is 34.7. The molecule has 0 bridgehead atoms. The Kier molecular flexibility index (Phi) is 34.5. The first-order valence-electron chi connectivity index (χ1n) is 19.0. The van der Waals surface area contributed by atoms with Crippen molar-refractivity contribution in [3.63, 3.8) is 0 Å². The third-order valence-corrected chi connectivity index (χ3v) is 7.91. The van der Waals surface area contributed by atoms with Gasteiger partial charge in [0.05, 0.1) is 12.7 Å². The fraction of sp³-hybridized carbons (Fsp3) is 0.707. The van der Waals surface area contributed by atoms with E-state index in [1.807, 2.05) is 36.5 Å². The lowest BCUT2D eigenvalue weighted by Gasteiger charge is -2.15. The van der Waals surface area contributed by atoms with Crippen molar-refractivity contribution in [2.45, 2.75) is 174 Å². The highest BCUT2D eigenvalue weighted by Crippen LogP contribution is 2.14. The Labute approximate surface area is 288 Å². The van der Waals surface area contributed by atoms with Gasteiger partial charge >= 0.3 is 11.9 Å². The molecular weight excluding hydrogens is 588 g/mol. The van der Waals surface area contributed by atoms with E-state index in [-0.39, 0.29) is 25.6 Å². The number of allylic oxidation sites excluding steroid dienone is 8. The minimum Gasteiger partial charge on any atom is -0.462 e. The Hall–Kier alpha value is -2.44. The molecule has 0 aromatic heterocycles. The molecule has 6 heteroatoms. The maximum atomic E-state index is 12.1. The number of unbranched alkanes of at least 4 members (excludes halogenated alkanes) is 15. The van der Waals surface area contributed by atoms with Gasteiger partial charge in [-0.05, 0) is 44.9 Å². The molecule has 2 atom stereocenters. The van der Waals surface area contributed by atoms with Gasteiger partial charge in [-0.1, -0.05) is 164 Å². The topological polar surface area (TPSA) is 93.1 Å². The molecular formula is C41H70O6. The third-order valence-electron chi connectivity index (χ3n) is 7.91. The van der Waals surface area contributed by atoms with Gasteiger partial charge in [-0.2, -0.15) is 0 Å². The molecule has 0 aliphatic heterocycles. The number of hydrogen-bond donors (Lipinski definition) is 2. The average molecular weight is 659 g/mol. The summed E-state index contributed by atoms with van der Waals surface area (Å²) in [5, 5.41) is 19.5. The van der Waals surface area contributed by atoms with E-state index in [1.54, 1.807) is 6.08 Å². The smallest absolute Gasteiger partial charge is 0.306 e. The number of rotatable bonds is 33. The van der Waals surface area contributed by atoms with Gasteiger partial charge in [0.2, 0.25) is 0 Å². The summed E-state index contributed by atoms with van der Waals surface area (Å²) in [6.45, 7) is 3.89. The molecule has 0 aromatic rings. The van der Waals surface area contributed by atoms with Gasteiger partial charge in [0.15, 0.2) is 6.10 Å². The number of ether oxygens (including phenoxy) is 2. The largest absolute Gasteiger partial charge is 0.462 e. The van der Waals surface area contributed by atoms with Crippen molar-refractivity contribution < 1.29 is 29.3 Å². The van der Waals surface area contributed by atoms with E-state index in [2.05, 4.69) is 32.1 Å². The molecule has 0 heterocycles. The van der Waals surface area contributed by atoms with Gasteiger partial charge in [0.25, 0.3) is 0 Å². The lowest BCUT2D eigenvalue weighted by molar-refractivity contribution is -0.161. The van der Waals surface area contributed by atoms with Crippen molar-refractivity contribution in [2.24, 2.45) is 0 Å². The number of carbonyl (C=O) groups excluding carboxylic acids is 2. The lowest BCUT2D eigenvalue weighted by atomic mass is 10.0. The minimum atomic E-state index is -0.821. The number of carbonyl (C=O) groups is 2. The highest BCUT2D eigenvalue weighted by Gasteiger charge is 2.15. The number of hydrogen-bond acceptors (Lipinski definition) is 6. The van der Waals surface area contributed by atoms with Crippen LogP contribution in [0.2, 0.25) is 0 Å². The highest BCUT2D eigenvalue weighted by atomic mass is 16.6. The van der Waals surface area contributed by atoms with Gasteiger partial charge in [0.1, 0.15) is 6.61 Å². The monoisotopic (exact) mass is 659 g/mol. The summed E-state index contributed by atoms with van der Waals surface area (Å²) in [5.74, 6) is -0.699. The first-order valence-corrected chi connectivity index (χ1v) is 19.0. The zero-order valence-electron chi connectivity index (χ0n) is 30.1. The molecule has 270 valence electrons. The number of esters is 2. The van der Waals surface area contributed by atoms with Crippen LogP contribution < -0.4 is 0 Å². The molecule has 0 saturated carbocycles. The molecule has 1 unspecified atom stereocenters. The van der Waals surface area contributed by atoms with E-state index in [9.17, 15) is 19.8 Å². The standard InChI is InChI=1S/C41H70O6/c1-3-5-7-9-11-12-13-14-15-16-17-18-22-26-30-34-40(44)46-37-39(36-42)47-41(45)35-31-27-23-20-19-21-25-29-33-38(43)32-28-24-10-8-6-4-2/h6,8,20-21,23-25,28-29,33,38-39,42-43H,3-5,7,9-19,22,26-27,30-32,34-37H2,1-2H3/b8-6-,23-20-,25-21-,28-24-,33-29+/t38?,39-/m0/s1. The van der Waals surface area contributed by atoms with Gasteiger partial charge in [-0.15, -0.1) is 0 Å². The molecule has 0 aliphatic carbocycles. The van der Waals surface area contributed by atoms with Gasteiger partial charge in [0, 0.05) is 12.8 Å². The van der Waals surface area contributed by atoms with Crippen molar-refractivity contribution in [3.05, 3.63) is 60.8 Å². The van der Waals surface area contributed by atoms with E-state index in [0.717, 1.165) is 44.9 Å². The first-order chi connectivity index (χ1) is 23.0. The Morgan fingerprint density at radius 3 is 1.79 bits per heavy atom. The van der Waals surface area contributed by atoms with Crippen LogP contribution in [-0.4, -0.2) is 47.6 Å². The molecule has 0 aliphatic rings. The summed E-state index contributed by atoms with van der Waals surface area (Å²) in [4.78, 5) is 24.2. The van der Waals surface area contributed by atoms with Crippen molar-refractivity contribution in [2.75, 3.05) is 13.2 Å². The van der Waals surface area contributed by atoms with Crippen LogP contribution >= 0.6 is 0 Å². The predicted octanol–water partition coefficient (Wildman–Crippen LogP) is 10.6. The van der Waals surface area contributed by atoms with E-state index < -0.39 is 18.2 Å². The van der Waals surface area contributed by atoms with E-state index in [1.165, 1.54) is 77.0 Å². The summed E-state index contributed by atoms with van der Waals surface area (Å²) >= 11 is 0. The van der Waals surface area contributed by atoms with E-state index in [4.69, 9.17) is 9.47 Å². The summed E-state index contributed by atoms with van der Waals surface area (Å²) in [7, 11) is 0. The van der Waals surface area contributed by atoms with E-state index in [0.29, 0.717) is 19.3 Å². The number of aliphatic hydroxyl groups excluding tert-OH is 2. The van der Waals surface area contributed by atoms with Gasteiger partial charge in [-0.25, -0.2) is 0 Å². The fourth-order valence-corrected chi connectivity index (χ4v) is 5.03. The second kappa shape index (κ2) is 36.4. The molecule has 6 nitrogen and oxygen atoms in total. The lowest BCUT2D eigenvalue weighted by Crippen LogP contribution is -2.28. The van der Waals surface area contributed by atoms with Crippen molar-refractivity contribution in [3.8, 4) is 0 Å². The predicted molar refractivity (Wildman–Crippen MR) is 197 cm³/mol. The van der Waals surface area contributed by atoms with Crippen molar-refractivity contribution in [1.82, 2.24) is 0 Å². The summed E-state index contributed by atoms with van der Waals surface area (Å²) < 4.78 is 10.5. The van der Waals surface area contributed by atoms with Gasteiger partial charge < -0.3 is 19.7 Å². The van der Waals surface area contributed by atoms with Crippen LogP contribution in [0.15, 0.2) is 60.8 Å². The SMILES string of the molecule is CC/C=C\C/C=C\CC(O)/C=C/C=C\C/C=C\CCCC(=O)O[C@@H](CO)COC(=O)CCCCCCCCCCCCCCCCC. The van der Waals surface area contributed by atoms with Crippen molar-refractivity contribution >= 4 is 11.9 Å². The zero-order chi connectivity index (χ0) is 34.5. The maximum absolute atomic E-state index is 12.1. The van der Waals surface area contributed by atoms with Crippen LogP contribution in [0.1, 0.15) is 162 Å². The van der Waals surface area contributed by atoms with Crippen LogP contribution in [0, 0.1) is 0 Å². The summed E-state index contributed by atoms with van der Waals surface area (Å²) in [6.07, 6.45) is 43.1. The van der Waals surface area contributed by atoms with Crippen LogP contribution in [0.3, 0.4) is 0 Å². The minimum absolute atomic E-state index is 0.106. The van der Waals surface area contributed by atoms with Crippen LogP contribution in [-0.2, 0) is 19.1 Å². The van der Waals surface area contributed by atoms with Crippen LogP contribution in [0.25, 0.3) is 0 Å². The Bertz CT molecular complexity index is 856. The van der Waals surface area contributed by atoms with Gasteiger partial charge in [-0.3, -0.25) is 9.59 Å². The Morgan fingerprint density at radius 1 is 0.617 bits per heavy atom. The summed E-state index contributed by atoms with van der Waals surface area (Å²) in [6, 6.07) is 0. The molecule has 0 amide bonds. The molecule has 0 aromatic carbocycles. The fourth-order valence-electron chi connectivity index (χ4n) is 5.03. The molecule has 0 fully saturated rings. The Morgan fingerprint density at radius 2 is 1.17 bits per heavy atom. The number of aliphatic hydroxyl groups is 2.